The molecule has 1 aromatic heterocycles. The molecule has 5 heteroatoms. The summed E-state index contributed by atoms with van der Waals surface area (Å²) in [6.07, 6.45) is 4.19. The van der Waals surface area contributed by atoms with Crippen molar-refractivity contribution in [1.29, 1.82) is 0 Å². The Balaban J connectivity index is 2.71. The highest BCUT2D eigenvalue weighted by molar-refractivity contribution is 9.11. The SMILES string of the molecule is CCCCC(CC)CS(=O)(=O)c1ccc(Br)s1. The molecule has 1 rings (SSSR count). The van der Waals surface area contributed by atoms with Crippen molar-refractivity contribution in [3.05, 3.63) is 15.9 Å². The van der Waals surface area contributed by atoms with Gasteiger partial charge in [-0.1, -0.05) is 33.1 Å². The van der Waals surface area contributed by atoms with Crippen molar-refractivity contribution < 1.29 is 8.42 Å². The lowest BCUT2D eigenvalue weighted by molar-refractivity contribution is 0.484. The van der Waals surface area contributed by atoms with E-state index in [1.165, 1.54) is 11.3 Å². The van der Waals surface area contributed by atoms with Gasteiger partial charge in [-0.05, 0) is 40.4 Å². The molecule has 1 heterocycles. The Kier molecular flexibility index (Phi) is 6.17. The van der Waals surface area contributed by atoms with E-state index in [4.69, 9.17) is 0 Å². The van der Waals surface area contributed by atoms with Crippen LogP contribution in [0.3, 0.4) is 0 Å². The molecular formula is C12H19BrO2S2. The van der Waals surface area contributed by atoms with Crippen molar-refractivity contribution in [1.82, 2.24) is 0 Å². The standard InChI is InChI=1S/C12H19BrO2S2/c1-3-5-6-10(4-2)9-17(14,15)12-8-7-11(13)16-12/h7-8,10H,3-6,9H2,1-2H3. The maximum Gasteiger partial charge on any atom is 0.188 e. The zero-order chi connectivity index (χ0) is 12.9. The van der Waals surface area contributed by atoms with Gasteiger partial charge in [-0.3, -0.25) is 0 Å². The molecule has 98 valence electrons. The molecule has 0 fully saturated rings. The highest BCUT2D eigenvalue weighted by Crippen LogP contribution is 2.29. The summed E-state index contributed by atoms with van der Waals surface area (Å²) in [6.45, 7) is 4.21. The molecular weight excluding hydrogens is 320 g/mol. The zero-order valence-electron chi connectivity index (χ0n) is 10.3. The largest absolute Gasteiger partial charge is 0.223 e. The van der Waals surface area contributed by atoms with Crippen LogP contribution in [0.25, 0.3) is 0 Å². The third kappa shape index (κ3) is 4.72. The van der Waals surface area contributed by atoms with Gasteiger partial charge in [0.25, 0.3) is 0 Å². The van der Waals surface area contributed by atoms with Crippen molar-refractivity contribution in [2.75, 3.05) is 5.75 Å². The van der Waals surface area contributed by atoms with Crippen LogP contribution < -0.4 is 0 Å². The van der Waals surface area contributed by atoms with Gasteiger partial charge in [0.05, 0.1) is 9.54 Å². The van der Waals surface area contributed by atoms with Gasteiger partial charge in [0.2, 0.25) is 0 Å². The van der Waals surface area contributed by atoms with Gasteiger partial charge in [0, 0.05) is 0 Å². The Hall–Kier alpha value is 0.130. The first kappa shape index (κ1) is 15.2. The Morgan fingerprint density at radius 3 is 2.53 bits per heavy atom. The second-order valence-electron chi connectivity index (χ2n) is 4.26. The second kappa shape index (κ2) is 6.90. The quantitative estimate of drug-likeness (QED) is 0.733. The van der Waals surface area contributed by atoms with Gasteiger partial charge < -0.3 is 0 Å². The van der Waals surface area contributed by atoms with E-state index in [0.717, 1.165) is 29.5 Å². The van der Waals surface area contributed by atoms with Gasteiger partial charge >= 0.3 is 0 Å². The van der Waals surface area contributed by atoms with E-state index >= 15 is 0 Å². The molecule has 2 nitrogen and oxygen atoms in total. The van der Waals surface area contributed by atoms with E-state index in [1.54, 1.807) is 12.1 Å². The van der Waals surface area contributed by atoms with Crippen molar-refractivity contribution in [3.63, 3.8) is 0 Å². The van der Waals surface area contributed by atoms with Crippen LogP contribution in [-0.4, -0.2) is 14.2 Å². The summed E-state index contributed by atoms with van der Waals surface area (Å²) < 4.78 is 25.7. The highest BCUT2D eigenvalue weighted by atomic mass is 79.9. The third-order valence-corrected chi connectivity index (χ3v) is 6.94. The Morgan fingerprint density at radius 2 is 2.06 bits per heavy atom. The van der Waals surface area contributed by atoms with Crippen LogP contribution in [0.1, 0.15) is 39.5 Å². The lowest BCUT2D eigenvalue weighted by Gasteiger charge is -2.13. The number of unbranched alkanes of at least 4 members (excludes halogenated alkanes) is 1. The minimum atomic E-state index is -3.09. The monoisotopic (exact) mass is 338 g/mol. The molecule has 17 heavy (non-hydrogen) atoms. The molecule has 1 aromatic rings. The van der Waals surface area contributed by atoms with Crippen molar-refractivity contribution >= 4 is 37.1 Å². The first-order chi connectivity index (χ1) is 7.99. The zero-order valence-corrected chi connectivity index (χ0v) is 13.5. The van der Waals surface area contributed by atoms with Crippen molar-refractivity contribution in [2.24, 2.45) is 5.92 Å². The molecule has 0 saturated heterocycles. The third-order valence-electron chi connectivity index (χ3n) is 2.85. The Labute approximate surface area is 116 Å². The summed E-state index contributed by atoms with van der Waals surface area (Å²) in [4.78, 5) is 0. The summed E-state index contributed by atoms with van der Waals surface area (Å²) in [6, 6.07) is 3.49. The second-order valence-corrected chi connectivity index (χ2v) is 8.98. The molecule has 0 aliphatic rings. The lowest BCUT2D eigenvalue weighted by Crippen LogP contribution is -2.15. The fourth-order valence-electron chi connectivity index (χ4n) is 1.76. The van der Waals surface area contributed by atoms with Crippen LogP contribution in [-0.2, 0) is 9.84 Å². The Morgan fingerprint density at radius 1 is 1.35 bits per heavy atom. The van der Waals surface area contributed by atoms with Crippen LogP contribution in [0.15, 0.2) is 20.1 Å². The van der Waals surface area contributed by atoms with Gasteiger partial charge in [-0.2, -0.15) is 0 Å². The molecule has 0 radical (unpaired) electrons. The summed E-state index contributed by atoms with van der Waals surface area (Å²) in [5, 5.41) is 0. The van der Waals surface area contributed by atoms with Crippen molar-refractivity contribution in [2.45, 2.75) is 43.7 Å². The van der Waals surface area contributed by atoms with Gasteiger partial charge in [-0.25, -0.2) is 8.42 Å². The maximum absolute atomic E-state index is 12.2. The fraction of sp³-hybridized carbons (Fsp3) is 0.667. The van der Waals surface area contributed by atoms with E-state index in [9.17, 15) is 8.42 Å². The van der Waals surface area contributed by atoms with Gasteiger partial charge in [0.1, 0.15) is 4.21 Å². The van der Waals surface area contributed by atoms with Crippen LogP contribution >= 0.6 is 27.3 Å². The predicted molar refractivity (Wildman–Crippen MR) is 77.4 cm³/mol. The number of hydrogen-bond acceptors (Lipinski definition) is 3. The molecule has 0 saturated carbocycles. The molecule has 1 unspecified atom stereocenters. The summed E-state index contributed by atoms with van der Waals surface area (Å²) >= 11 is 4.60. The summed E-state index contributed by atoms with van der Waals surface area (Å²) in [5.41, 5.74) is 0. The molecule has 0 aliphatic heterocycles. The molecule has 0 aromatic carbocycles. The minimum absolute atomic E-state index is 0.288. The molecule has 1 atom stereocenters. The molecule has 0 N–H and O–H groups in total. The van der Waals surface area contributed by atoms with Gasteiger partial charge in [-0.15, -0.1) is 11.3 Å². The Bertz CT molecular complexity index is 437. The fourth-order valence-corrected chi connectivity index (χ4v) is 5.64. The molecule has 0 spiro atoms. The predicted octanol–water partition coefficient (Wildman–Crippen LogP) is 4.50. The minimum Gasteiger partial charge on any atom is -0.223 e. The topological polar surface area (TPSA) is 34.1 Å². The number of rotatable bonds is 7. The van der Waals surface area contributed by atoms with Gasteiger partial charge in [0.15, 0.2) is 9.84 Å². The first-order valence-electron chi connectivity index (χ1n) is 5.97. The molecule has 0 amide bonds. The van der Waals surface area contributed by atoms with E-state index in [0.29, 0.717) is 10.1 Å². The average Bonchev–Trinajstić information content (AvgIpc) is 2.71. The number of halogens is 1. The van der Waals surface area contributed by atoms with Crippen LogP contribution in [0.4, 0.5) is 0 Å². The van der Waals surface area contributed by atoms with Crippen LogP contribution in [0.2, 0.25) is 0 Å². The number of hydrogen-bond donors (Lipinski definition) is 0. The smallest absolute Gasteiger partial charge is 0.188 e. The van der Waals surface area contributed by atoms with E-state index < -0.39 is 9.84 Å². The average molecular weight is 339 g/mol. The molecule has 0 bridgehead atoms. The normalized spacial score (nSPS) is 13.8. The van der Waals surface area contributed by atoms with E-state index in [-0.39, 0.29) is 5.75 Å². The summed E-state index contributed by atoms with van der Waals surface area (Å²) in [7, 11) is -3.09. The highest BCUT2D eigenvalue weighted by Gasteiger charge is 2.21. The molecule has 0 aliphatic carbocycles. The first-order valence-corrected chi connectivity index (χ1v) is 9.23. The van der Waals surface area contributed by atoms with E-state index in [1.807, 2.05) is 0 Å². The lowest BCUT2D eigenvalue weighted by atomic mass is 10.0. The van der Waals surface area contributed by atoms with Crippen LogP contribution in [0.5, 0.6) is 0 Å². The maximum atomic E-state index is 12.2. The number of sulfone groups is 1. The van der Waals surface area contributed by atoms with Crippen molar-refractivity contribution in [3.8, 4) is 0 Å². The van der Waals surface area contributed by atoms with E-state index in [2.05, 4.69) is 29.8 Å². The summed E-state index contributed by atoms with van der Waals surface area (Å²) in [5.74, 6) is 0.581. The van der Waals surface area contributed by atoms with Crippen LogP contribution in [0, 0.1) is 5.92 Å². The number of thiophene rings is 1.